The van der Waals surface area contributed by atoms with Crippen molar-refractivity contribution in [2.75, 3.05) is 39.5 Å². The Morgan fingerprint density at radius 3 is 1.40 bits per heavy atom. The largest absolute Gasteiger partial charge is 0.379 e. The summed E-state index contributed by atoms with van der Waals surface area (Å²) in [6.07, 6.45) is 53.9. The summed E-state index contributed by atoms with van der Waals surface area (Å²) in [4.78, 5) is 2.61. The number of hydrogen-bond donors (Lipinski definition) is 0. The summed E-state index contributed by atoms with van der Waals surface area (Å²) in [6.45, 7) is 10.8. The van der Waals surface area contributed by atoms with Gasteiger partial charge in [0, 0.05) is 19.8 Å². The maximum atomic E-state index is 6.38. The van der Waals surface area contributed by atoms with Crippen LogP contribution in [-0.2, 0) is 9.47 Å². The monoisotopic (exact) mass is 656 g/mol. The molecule has 0 aliphatic carbocycles. The fourth-order valence-corrected chi connectivity index (χ4v) is 6.29. The number of unbranched alkanes of at least 4 members (excludes halogenated alkanes) is 18. The number of ether oxygens (including phenoxy) is 2. The van der Waals surface area contributed by atoms with E-state index in [-0.39, 0.29) is 6.10 Å². The molecule has 0 aromatic carbocycles. The Kier molecular flexibility index (Phi) is 35.1. The third-order valence-corrected chi connectivity index (χ3v) is 9.46. The minimum Gasteiger partial charge on any atom is -0.379 e. The van der Waals surface area contributed by atoms with Crippen LogP contribution in [0.2, 0.25) is 0 Å². The minimum atomic E-state index is 0.262. The third kappa shape index (κ3) is 33.1. The molecular weight excluding hydrogens is 574 g/mol. The molecule has 0 N–H and O–H groups in total. The summed E-state index contributed by atoms with van der Waals surface area (Å²) in [5.41, 5.74) is 0. The molecule has 3 nitrogen and oxygen atoms in total. The average molecular weight is 656 g/mol. The zero-order valence-electron chi connectivity index (χ0n) is 31.8. The van der Waals surface area contributed by atoms with Gasteiger partial charge in [-0.25, -0.2) is 0 Å². The smallest absolute Gasteiger partial charge is 0.0820 e. The number of likely N-dealkylation sites (tertiary alicyclic amines) is 1. The number of allylic oxidation sites excluding steroid dienone is 8. The molecule has 1 fully saturated rings. The van der Waals surface area contributed by atoms with Crippen LogP contribution in [0.4, 0.5) is 0 Å². The van der Waals surface area contributed by atoms with Crippen LogP contribution < -0.4 is 0 Å². The van der Waals surface area contributed by atoms with Crippen molar-refractivity contribution in [3.8, 4) is 0 Å². The van der Waals surface area contributed by atoms with Crippen LogP contribution in [0, 0.1) is 0 Å². The van der Waals surface area contributed by atoms with Crippen molar-refractivity contribution in [1.29, 1.82) is 0 Å². The Hall–Kier alpha value is -1.16. The van der Waals surface area contributed by atoms with E-state index in [2.05, 4.69) is 67.4 Å². The van der Waals surface area contributed by atoms with Gasteiger partial charge in [0.2, 0.25) is 0 Å². The lowest BCUT2D eigenvalue weighted by Crippen LogP contribution is -2.28. The van der Waals surface area contributed by atoms with Crippen molar-refractivity contribution in [3.05, 3.63) is 48.6 Å². The highest BCUT2D eigenvalue weighted by molar-refractivity contribution is 4.93. The van der Waals surface area contributed by atoms with Crippen molar-refractivity contribution in [1.82, 2.24) is 4.90 Å². The summed E-state index contributed by atoms with van der Waals surface area (Å²) in [5, 5.41) is 0. The van der Waals surface area contributed by atoms with Gasteiger partial charge in [-0.3, -0.25) is 0 Å². The molecule has 0 amide bonds. The molecule has 0 aromatic rings. The standard InChI is InChI=1S/C44H81NO2/c1-3-5-7-9-11-13-15-17-19-21-23-25-27-29-31-35-41-46-43-44(37-40-45-38-33-34-39-45)47-42-36-32-30-28-26-24-22-20-18-16-14-12-10-8-6-4-2/h11-14,17-20,44H,3-10,15-16,21-43H2,1-2H3/b13-11+,14-12+,19-17+,20-18+/t44-/m1/s1. The molecule has 0 saturated carbocycles. The molecule has 0 bridgehead atoms. The van der Waals surface area contributed by atoms with Gasteiger partial charge < -0.3 is 14.4 Å². The molecule has 3 heteroatoms. The van der Waals surface area contributed by atoms with E-state index in [0.29, 0.717) is 0 Å². The highest BCUT2D eigenvalue weighted by atomic mass is 16.5. The first-order valence-electron chi connectivity index (χ1n) is 20.9. The van der Waals surface area contributed by atoms with Crippen LogP contribution in [0.3, 0.4) is 0 Å². The summed E-state index contributed by atoms with van der Waals surface area (Å²) in [5.74, 6) is 0. The molecular formula is C44H81NO2. The Bertz CT molecular complexity index is 720. The van der Waals surface area contributed by atoms with Crippen LogP contribution in [0.1, 0.15) is 187 Å². The SMILES string of the molecule is CCCCC/C=C/C/C=C/CCCCCCCCOC[C@@H](CCN1CCCC1)OCCCCCCCC/C=C/C/C=C/CCCCC. The average Bonchev–Trinajstić information content (AvgIpc) is 3.61. The molecule has 0 spiro atoms. The van der Waals surface area contributed by atoms with Crippen LogP contribution in [0.5, 0.6) is 0 Å². The highest BCUT2D eigenvalue weighted by Crippen LogP contribution is 2.13. The van der Waals surface area contributed by atoms with E-state index in [4.69, 9.17) is 9.47 Å². The molecule has 1 atom stereocenters. The van der Waals surface area contributed by atoms with Crippen molar-refractivity contribution in [2.45, 2.75) is 193 Å². The molecule has 47 heavy (non-hydrogen) atoms. The lowest BCUT2D eigenvalue weighted by Gasteiger charge is -2.22. The van der Waals surface area contributed by atoms with Gasteiger partial charge in [-0.15, -0.1) is 0 Å². The molecule has 0 unspecified atom stereocenters. The van der Waals surface area contributed by atoms with Crippen LogP contribution in [0.15, 0.2) is 48.6 Å². The lowest BCUT2D eigenvalue weighted by atomic mass is 10.1. The fraction of sp³-hybridized carbons (Fsp3) is 0.818. The summed E-state index contributed by atoms with van der Waals surface area (Å²) < 4.78 is 12.5. The van der Waals surface area contributed by atoms with Crippen LogP contribution >= 0.6 is 0 Å². The summed E-state index contributed by atoms with van der Waals surface area (Å²) >= 11 is 0. The van der Waals surface area contributed by atoms with Gasteiger partial charge >= 0.3 is 0 Å². The third-order valence-electron chi connectivity index (χ3n) is 9.46. The van der Waals surface area contributed by atoms with Crippen molar-refractivity contribution in [2.24, 2.45) is 0 Å². The Labute approximate surface area is 295 Å². The Morgan fingerprint density at radius 2 is 0.915 bits per heavy atom. The van der Waals surface area contributed by atoms with E-state index < -0.39 is 0 Å². The van der Waals surface area contributed by atoms with Crippen molar-refractivity contribution in [3.63, 3.8) is 0 Å². The van der Waals surface area contributed by atoms with E-state index in [1.54, 1.807) is 0 Å². The molecule has 0 radical (unpaired) electrons. The minimum absolute atomic E-state index is 0.262. The second-order valence-corrected chi connectivity index (χ2v) is 14.1. The Morgan fingerprint density at radius 1 is 0.489 bits per heavy atom. The van der Waals surface area contributed by atoms with Crippen molar-refractivity contribution < 1.29 is 9.47 Å². The van der Waals surface area contributed by atoms with Gasteiger partial charge in [-0.1, -0.05) is 140 Å². The van der Waals surface area contributed by atoms with E-state index in [0.717, 1.165) is 39.1 Å². The molecule has 1 saturated heterocycles. The van der Waals surface area contributed by atoms with Gasteiger partial charge in [-0.05, 0) is 109 Å². The van der Waals surface area contributed by atoms with E-state index in [1.165, 1.54) is 174 Å². The maximum absolute atomic E-state index is 6.38. The Balaban J connectivity index is 1.99. The lowest BCUT2D eigenvalue weighted by molar-refractivity contribution is -0.0255. The molecule has 274 valence electrons. The van der Waals surface area contributed by atoms with Crippen molar-refractivity contribution >= 4 is 0 Å². The summed E-state index contributed by atoms with van der Waals surface area (Å²) in [6, 6.07) is 0. The van der Waals surface area contributed by atoms with E-state index >= 15 is 0 Å². The van der Waals surface area contributed by atoms with E-state index in [1.807, 2.05) is 0 Å². The molecule has 0 aromatic heterocycles. The number of rotatable bonds is 36. The zero-order chi connectivity index (χ0) is 33.6. The van der Waals surface area contributed by atoms with Gasteiger partial charge in [0.1, 0.15) is 0 Å². The second-order valence-electron chi connectivity index (χ2n) is 14.1. The maximum Gasteiger partial charge on any atom is 0.0820 e. The molecule has 1 rings (SSSR count). The van der Waals surface area contributed by atoms with Crippen LogP contribution in [0.25, 0.3) is 0 Å². The first-order valence-corrected chi connectivity index (χ1v) is 20.9. The summed E-state index contributed by atoms with van der Waals surface area (Å²) in [7, 11) is 0. The topological polar surface area (TPSA) is 21.7 Å². The number of hydrogen-bond acceptors (Lipinski definition) is 3. The predicted octanol–water partition coefficient (Wildman–Crippen LogP) is 13.5. The quantitative estimate of drug-likeness (QED) is 0.0495. The first-order chi connectivity index (χ1) is 23.4. The molecule has 1 aliphatic heterocycles. The van der Waals surface area contributed by atoms with Crippen LogP contribution in [-0.4, -0.2) is 50.5 Å². The van der Waals surface area contributed by atoms with Gasteiger partial charge in [-0.2, -0.15) is 0 Å². The predicted molar refractivity (Wildman–Crippen MR) is 210 cm³/mol. The second kappa shape index (κ2) is 37.7. The zero-order valence-corrected chi connectivity index (χ0v) is 31.8. The van der Waals surface area contributed by atoms with Gasteiger partial charge in [0.25, 0.3) is 0 Å². The fourth-order valence-electron chi connectivity index (χ4n) is 6.29. The van der Waals surface area contributed by atoms with E-state index in [9.17, 15) is 0 Å². The number of nitrogens with zero attached hydrogens (tertiary/aromatic N) is 1. The normalized spacial score (nSPS) is 15.1. The molecule has 1 heterocycles. The first kappa shape index (κ1) is 43.9. The van der Waals surface area contributed by atoms with Gasteiger partial charge in [0.05, 0.1) is 12.7 Å². The highest BCUT2D eigenvalue weighted by Gasteiger charge is 2.15. The van der Waals surface area contributed by atoms with Gasteiger partial charge in [0.15, 0.2) is 0 Å². The molecule has 1 aliphatic rings.